The second-order valence-electron chi connectivity index (χ2n) is 4.58. The summed E-state index contributed by atoms with van der Waals surface area (Å²) in [6.07, 6.45) is 4.19. The van der Waals surface area contributed by atoms with Gasteiger partial charge in [0.25, 0.3) is 0 Å². The standard InChI is InChI=1S/C16H20N2/c1-3-7-16(14-8-5-4-6-9-14)18-15-11-10-13(2)17-12-15/h4-6,8-12,16,18H,3,7H2,1-2H3. The minimum absolute atomic E-state index is 0.362. The third-order valence-electron chi connectivity index (χ3n) is 3.03. The largest absolute Gasteiger partial charge is 0.377 e. The highest BCUT2D eigenvalue weighted by Crippen LogP contribution is 2.23. The molecule has 1 atom stereocenters. The van der Waals surface area contributed by atoms with Gasteiger partial charge in [0.05, 0.1) is 17.9 Å². The Hall–Kier alpha value is -1.83. The van der Waals surface area contributed by atoms with Crippen molar-refractivity contribution in [2.75, 3.05) is 5.32 Å². The number of rotatable bonds is 5. The normalized spacial score (nSPS) is 12.1. The summed E-state index contributed by atoms with van der Waals surface area (Å²) < 4.78 is 0. The molecule has 1 unspecified atom stereocenters. The SMILES string of the molecule is CCCC(Nc1ccc(C)nc1)c1ccccc1. The summed E-state index contributed by atoms with van der Waals surface area (Å²) in [5.74, 6) is 0. The van der Waals surface area contributed by atoms with Crippen LogP contribution in [-0.2, 0) is 0 Å². The summed E-state index contributed by atoms with van der Waals surface area (Å²) in [6, 6.07) is 15.1. The van der Waals surface area contributed by atoms with Gasteiger partial charge < -0.3 is 5.32 Å². The number of aryl methyl sites for hydroxylation is 1. The van der Waals surface area contributed by atoms with Crippen molar-refractivity contribution in [2.45, 2.75) is 32.7 Å². The summed E-state index contributed by atoms with van der Waals surface area (Å²) in [4.78, 5) is 4.32. The van der Waals surface area contributed by atoms with Crippen molar-refractivity contribution in [2.24, 2.45) is 0 Å². The fraction of sp³-hybridized carbons (Fsp3) is 0.312. The summed E-state index contributed by atoms with van der Waals surface area (Å²) in [6.45, 7) is 4.22. The van der Waals surface area contributed by atoms with Crippen LogP contribution in [0.3, 0.4) is 0 Å². The van der Waals surface area contributed by atoms with Gasteiger partial charge in [0.2, 0.25) is 0 Å². The zero-order chi connectivity index (χ0) is 12.8. The van der Waals surface area contributed by atoms with E-state index in [2.05, 4.69) is 53.6 Å². The lowest BCUT2D eigenvalue weighted by Gasteiger charge is -2.19. The average Bonchev–Trinajstić information content (AvgIpc) is 2.42. The van der Waals surface area contributed by atoms with E-state index in [-0.39, 0.29) is 0 Å². The van der Waals surface area contributed by atoms with Crippen LogP contribution in [0.5, 0.6) is 0 Å². The molecule has 0 bridgehead atoms. The smallest absolute Gasteiger partial charge is 0.0531 e. The Balaban J connectivity index is 2.14. The molecule has 2 aromatic rings. The topological polar surface area (TPSA) is 24.9 Å². The molecule has 1 aromatic carbocycles. The van der Waals surface area contributed by atoms with Crippen molar-refractivity contribution >= 4 is 5.69 Å². The molecule has 0 amide bonds. The molecule has 94 valence electrons. The van der Waals surface area contributed by atoms with Crippen LogP contribution in [0.2, 0.25) is 0 Å². The van der Waals surface area contributed by atoms with Crippen LogP contribution in [0.15, 0.2) is 48.7 Å². The third kappa shape index (κ3) is 3.33. The zero-order valence-electron chi connectivity index (χ0n) is 11.1. The van der Waals surface area contributed by atoms with Crippen LogP contribution < -0.4 is 5.32 Å². The van der Waals surface area contributed by atoms with Gasteiger partial charge in [0.1, 0.15) is 0 Å². The van der Waals surface area contributed by atoms with Crippen LogP contribution in [0, 0.1) is 6.92 Å². The molecule has 18 heavy (non-hydrogen) atoms. The zero-order valence-corrected chi connectivity index (χ0v) is 11.1. The van der Waals surface area contributed by atoms with E-state index in [0.717, 1.165) is 24.2 Å². The van der Waals surface area contributed by atoms with E-state index in [0.29, 0.717) is 6.04 Å². The average molecular weight is 240 g/mol. The molecular formula is C16H20N2. The van der Waals surface area contributed by atoms with Crippen molar-refractivity contribution in [1.29, 1.82) is 0 Å². The Bertz CT molecular complexity index is 462. The summed E-state index contributed by atoms with van der Waals surface area (Å²) >= 11 is 0. The van der Waals surface area contributed by atoms with Crippen molar-refractivity contribution in [3.8, 4) is 0 Å². The maximum atomic E-state index is 4.32. The maximum Gasteiger partial charge on any atom is 0.0531 e. The predicted octanol–water partition coefficient (Wildman–Crippen LogP) is 4.34. The van der Waals surface area contributed by atoms with Gasteiger partial charge in [-0.25, -0.2) is 0 Å². The lowest BCUT2D eigenvalue weighted by atomic mass is 10.0. The second-order valence-corrected chi connectivity index (χ2v) is 4.58. The Morgan fingerprint density at radius 2 is 1.89 bits per heavy atom. The van der Waals surface area contributed by atoms with Gasteiger partial charge in [-0.2, -0.15) is 0 Å². The highest BCUT2D eigenvalue weighted by atomic mass is 14.9. The monoisotopic (exact) mass is 240 g/mol. The quantitative estimate of drug-likeness (QED) is 0.840. The lowest BCUT2D eigenvalue weighted by Crippen LogP contribution is -2.10. The van der Waals surface area contributed by atoms with Crippen molar-refractivity contribution < 1.29 is 0 Å². The van der Waals surface area contributed by atoms with Gasteiger partial charge in [-0.1, -0.05) is 43.7 Å². The number of aromatic nitrogens is 1. The molecule has 2 heteroatoms. The molecule has 0 saturated heterocycles. The van der Waals surface area contributed by atoms with E-state index in [9.17, 15) is 0 Å². The first kappa shape index (κ1) is 12.6. The van der Waals surface area contributed by atoms with E-state index in [4.69, 9.17) is 0 Å². The van der Waals surface area contributed by atoms with Gasteiger partial charge in [-0.05, 0) is 31.0 Å². The van der Waals surface area contributed by atoms with Gasteiger partial charge in [0, 0.05) is 5.69 Å². The van der Waals surface area contributed by atoms with E-state index in [1.165, 1.54) is 5.56 Å². The number of pyridine rings is 1. The Kier molecular flexibility index (Phi) is 4.35. The van der Waals surface area contributed by atoms with Gasteiger partial charge >= 0.3 is 0 Å². The van der Waals surface area contributed by atoms with Crippen molar-refractivity contribution in [1.82, 2.24) is 4.98 Å². The number of hydrogen-bond acceptors (Lipinski definition) is 2. The molecule has 0 aliphatic heterocycles. The minimum atomic E-state index is 0.362. The number of nitrogens with one attached hydrogen (secondary N) is 1. The Labute approximate surface area is 109 Å². The van der Waals surface area contributed by atoms with Crippen LogP contribution in [-0.4, -0.2) is 4.98 Å². The molecule has 1 heterocycles. The lowest BCUT2D eigenvalue weighted by molar-refractivity contribution is 0.677. The number of hydrogen-bond donors (Lipinski definition) is 1. The van der Waals surface area contributed by atoms with Crippen LogP contribution in [0.1, 0.15) is 37.1 Å². The molecule has 1 N–H and O–H groups in total. The molecule has 0 radical (unpaired) electrons. The van der Waals surface area contributed by atoms with Gasteiger partial charge in [0.15, 0.2) is 0 Å². The molecule has 0 spiro atoms. The first-order valence-corrected chi connectivity index (χ1v) is 6.53. The molecule has 2 nitrogen and oxygen atoms in total. The van der Waals surface area contributed by atoms with E-state index in [1.807, 2.05) is 19.2 Å². The molecule has 2 rings (SSSR count). The van der Waals surface area contributed by atoms with Gasteiger partial charge in [-0.3, -0.25) is 4.98 Å². The Morgan fingerprint density at radius 1 is 1.11 bits per heavy atom. The van der Waals surface area contributed by atoms with Crippen molar-refractivity contribution in [3.63, 3.8) is 0 Å². The van der Waals surface area contributed by atoms with E-state index in [1.54, 1.807) is 0 Å². The highest BCUT2D eigenvalue weighted by Gasteiger charge is 2.09. The van der Waals surface area contributed by atoms with E-state index < -0.39 is 0 Å². The number of benzene rings is 1. The van der Waals surface area contributed by atoms with E-state index >= 15 is 0 Å². The van der Waals surface area contributed by atoms with Crippen LogP contribution >= 0.6 is 0 Å². The third-order valence-corrected chi connectivity index (χ3v) is 3.03. The summed E-state index contributed by atoms with van der Waals surface area (Å²) in [7, 11) is 0. The fourth-order valence-electron chi connectivity index (χ4n) is 2.05. The summed E-state index contributed by atoms with van der Waals surface area (Å²) in [5.41, 5.74) is 3.47. The molecule has 0 aliphatic rings. The highest BCUT2D eigenvalue weighted by molar-refractivity contribution is 5.43. The number of anilines is 1. The molecule has 0 aliphatic carbocycles. The second kappa shape index (κ2) is 6.20. The summed E-state index contributed by atoms with van der Waals surface area (Å²) in [5, 5.41) is 3.56. The molecular weight excluding hydrogens is 220 g/mol. The molecule has 1 aromatic heterocycles. The van der Waals surface area contributed by atoms with Crippen LogP contribution in [0.25, 0.3) is 0 Å². The number of nitrogens with zero attached hydrogens (tertiary/aromatic N) is 1. The van der Waals surface area contributed by atoms with Crippen molar-refractivity contribution in [3.05, 3.63) is 59.9 Å². The predicted molar refractivity (Wildman–Crippen MR) is 76.7 cm³/mol. The first-order valence-electron chi connectivity index (χ1n) is 6.53. The Morgan fingerprint density at radius 3 is 2.50 bits per heavy atom. The molecule has 0 saturated carbocycles. The first-order chi connectivity index (χ1) is 8.79. The minimum Gasteiger partial charge on any atom is -0.377 e. The van der Waals surface area contributed by atoms with Crippen LogP contribution in [0.4, 0.5) is 5.69 Å². The maximum absolute atomic E-state index is 4.32. The van der Waals surface area contributed by atoms with Gasteiger partial charge in [-0.15, -0.1) is 0 Å². The fourth-order valence-corrected chi connectivity index (χ4v) is 2.05. The molecule has 0 fully saturated rings.